The highest BCUT2D eigenvalue weighted by Crippen LogP contribution is 2.44. The summed E-state index contributed by atoms with van der Waals surface area (Å²) in [6.07, 6.45) is 16.4. The number of allylic oxidation sites excluding steroid dienone is 4. The van der Waals surface area contributed by atoms with Gasteiger partial charge < -0.3 is 10.6 Å². The van der Waals surface area contributed by atoms with E-state index in [-0.39, 0.29) is 0 Å². The maximum atomic E-state index is 6.41. The van der Waals surface area contributed by atoms with E-state index in [0.29, 0.717) is 11.7 Å². The average Bonchev–Trinajstić information content (AvgIpc) is 3.22. The number of rotatable bonds is 5. The predicted molar refractivity (Wildman–Crippen MR) is 141 cm³/mol. The molecular weight excluding hydrogens is 432 g/mol. The Hall–Kier alpha value is -3.51. The van der Waals surface area contributed by atoms with Crippen LogP contribution in [0.4, 0.5) is 5.82 Å². The van der Waals surface area contributed by atoms with Crippen LogP contribution in [0.25, 0.3) is 33.3 Å². The Morgan fingerprint density at radius 3 is 2.71 bits per heavy atom. The Bertz CT molecular complexity index is 1490. The van der Waals surface area contributed by atoms with Crippen LogP contribution in [-0.2, 0) is 0 Å². The van der Waals surface area contributed by atoms with Gasteiger partial charge in [-0.25, -0.2) is 15.0 Å². The minimum Gasteiger partial charge on any atom is -0.382 e. The molecule has 2 N–H and O–H groups in total. The first kappa shape index (κ1) is 20.8. The van der Waals surface area contributed by atoms with Gasteiger partial charge >= 0.3 is 0 Å². The van der Waals surface area contributed by atoms with E-state index in [1.54, 1.807) is 6.20 Å². The second kappa shape index (κ2) is 8.31. The summed E-state index contributed by atoms with van der Waals surface area (Å²) in [6, 6.07) is 10.7. The van der Waals surface area contributed by atoms with Gasteiger partial charge in [-0.15, -0.1) is 0 Å². The standard InChI is InChI=1S/C29H30N6/c30-28-27-26(22-8-7-21-9-10-24(32-25(21)17-22)20-5-2-1-3-6-20)33-29(35(27)14-11-31-28)23-15-19(16-23)18-34-12-4-13-34/h2,5-11,14,17,19,23H,1,3-4,12-13,15-16,18H2,(H2,30,31)/t19-,23-. The van der Waals surface area contributed by atoms with Crippen molar-refractivity contribution >= 4 is 27.8 Å². The van der Waals surface area contributed by atoms with Crippen molar-refractivity contribution in [3.05, 3.63) is 72.5 Å². The molecule has 6 nitrogen and oxygen atoms in total. The van der Waals surface area contributed by atoms with E-state index in [4.69, 9.17) is 15.7 Å². The van der Waals surface area contributed by atoms with Crippen LogP contribution in [-0.4, -0.2) is 43.9 Å². The summed E-state index contributed by atoms with van der Waals surface area (Å²) in [4.78, 5) is 17.2. The average molecular weight is 463 g/mol. The number of nitrogens with two attached hydrogens (primary N) is 1. The third kappa shape index (κ3) is 3.64. The van der Waals surface area contributed by atoms with Gasteiger partial charge in [-0.2, -0.15) is 0 Å². The van der Waals surface area contributed by atoms with Crippen LogP contribution in [0.2, 0.25) is 0 Å². The maximum absolute atomic E-state index is 6.41. The number of nitrogen functional groups attached to an aromatic ring is 1. The molecule has 176 valence electrons. The number of hydrogen-bond acceptors (Lipinski definition) is 5. The number of likely N-dealkylation sites (tertiary alicyclic amines) is 1. The number of fused-ring (bicyclic) bond motifs is 2. The van der Waals surface area contributed by atoms with Gasteiger partial charge in [0.25, 0.3) is 0 Å². The van der Waals surface area contributed by atoms with Gasteiger partial charge in [0, 0.05) is 35.8 Å². The molecule has 1 aromatic carbocycles. The van der Waals surface area contributed by atoms with Gasteiger partial charge in [0.2, 0.25) is 0 Å². The third-order valence-corrected chi connectivity index (χ3v) is 7.93. The van der Waals surface area contributed by atoms with E-state index in [2.05, 4.69) is 62.8 Å². The fraction of sp³-hybridized carbons (Fsp3) is 0.345. The molecule has 4 heterocycles. The van der Waals surface area contributed by atoms with Crippen molar-refractivity contribution in [1.82, 2.24) is 24.3 Å². The van der Waals surface area contributed by atoms with Crippen LogP contribution >= 0.6 is 0 Å². The van der Waals surface area contributed by atoms with Crippen LogP contribution in [0.5, 0.6) is 0 Å². The minimum atomic E-state index is 0.472. The molecule has 0 spiro atoms. The van der Waals surface area contributed by atoms with E-state index in [1.807, 2.05) is 6.20 Å². The van der Waals surface area contributed by atoms with Crippen molar-refractivity contribution in [2.45, 2.75) is 38.0 Å². The van der Waals surface area contributed by atoms with Crippen LogP contribution in [0.1, 0.15) is 49.5 Å². The zero-order valence-corrected chi connectivity index (χ0v) is 19.9. The zero-order chi connectivity index (χ0) is 23.4. The number of anilines is 1. The lowest BCUT2D eigenvalue weighted by Crippen LogP contribution is -2.43. The fourth-order valence-electron chi connectivity index (χ4n) is 5.83. The van der Waals surface area contributed by atoms with Crippen molar-refractivity contribution in [2.75, 3.05) is 25.4 Å². The van der Waals surface area contributed by atoms with E-state index in [1.165, 1.54) is 44.5 Å². The SMILES string of the molecule is Nc1nccn2c1c(-c1ccc3ccc(C4=CCCC=C4)nc3c1)nc2[C@H]1C[C@H](CN2CCC2)C1. The molecule has 3 aliphatic rings. The summed E-state index contributed by atoms with van der Waals surface area (Å²) in [6.45, 7) is 3.77. The van der Waals surface area contributed by atoms with E-state index < -0.39 is 0 Å². The molecule has 0 bridgehead atoms. The molecule has 3 aromatic heterocycles. The van der Waals surface area contributed by atoms with Crippen LogP contribution in [0.3, 0.4) is 0 Å². The highest BCUT2D eigenvalue weighted by molar-refractivity contribution is 5.91. The molecule has 2 fully saturated rings. The van der Waals surface area contributed by atoms with E-state index in [0.717, 1.165) is 58.0 Å². The van der Waals surface area contributed by atoms with Crippen molar-refractivity contribution in [2.24, 2.45) is 5.92 Å². The summed E-state index contributed by atoms with van der Waals surface area (Å²) < 4.78 is 2.17. The molecule has 2 aliphatic carbocycles. The highest BCUT2D eigenvalue weighted by atomic mass is 15.2. The van der Waals surface area contributed by atoms with Gasteiger partial charge in [-0.05, 0) is 68.8 Å². The summed E-state index contributed by atoms with van der Waals surface area (Å²) in [5.41, 5.74) is 12.5. The molecule has 0 unspecified atom stereocenters. The Balaban J connectivity index is 1.26. The number of hydrogen-bond donors (Lipinski definition) is 1. The summed E-state index contributed by atoms with van der Waals surface area (Å²) in [5, 5.41) is 1.13. The molecule has 35 heavy (non-hydrogen) atoms. The number of pyridine rings is 1. The lowest BCUT2D eigenvalue weighted by Gasteiger charge is -2.41. The zero-order valence-electron chi connectivity index (χ0n) is 19.9. The topological polar surface area (TPSA) is 72.3 Å². The lowest BCUT2D eigenvalue weighted by atomic mass is 9.74. The van der Waals surface area contributed by atoms with Crippen LogP contribution < -0.4 is 5.73 Å². The molecular formula is C29H30N6. The second-order valence-electron chi connectivity index (χ2n) is 10.3. The highest BCUT2D eigenvalue weighted by Gasteiger charge is 2.36. The summed E-state index contributed by atoms with van der Waals surface area (Å²) >= 11 is 0. The minimum absolute atomic E-state index is 0.472. The first-order valence-electron chi connectivity index (χ1n) is 12.9. The fourth-order valence-corrected chi connectivity index (χ4v) is 5.83. The van der Waals surface area contributed by atoms with Crippen molar-refractivity contribution in [1.29, 1.82) is 0 Å². The van der Waals surface area contributed by atoms with Crippen LogP contribution in [0.15, 0.2) is 61.0 Å². The van der Waals surface area contributed by atoms with E-state index in [9.17, 15) is 0 Å². The monoisotopic (exact) mass is 462 g/mol. The molecule has 0 radical (unpaired) electrons. The molecule has 0 atom stereocenters. The Morgan fingerprint density at radius 2 is 1.91 bits per heavy atom. The Kier molecular flexibility index (Phi) is 4.94. The number of imidazole rings is 1. The van der Waals surface area contributed by atoms with Gasteiger partial charge in [0.05, 0.1) is 11.2 Å². The van der Waals surface area contributed by atoms with Gasteiger partial charge in [-0.3, -0.25) is 4.40 Å². The van der Waals surface area contributed by atoms with Crippen molar-refractivity contribution < 1.29 is 0 Å². The van der Waals surface area contributed by atoms with Crippen LogP contribution in [0, 0.1) is 5.92 Å². The molecule has 1 saturated carbocycles. The smallest absolute Gasteiger partial charge is 0.150 e. The van der Waals surface area contributed by atoms with Gasteiger partial charge in [0.1, 0.15) is 22.9 Å². The Morgan fingerprint density at radius 1 is 1.03 bits per heavy atom. The first-order chi connectivity index (χ1) is 17.2. The molecule has 4 aromatic rings. The molecule has 0 amide bonds. The Labute approximate surface area is 205 Å². The molecule has 7 rings (SSSR count). The largest absolute Gasteiger partial charge is 0.382 e. The molecule has 6 heteroatoms. The maximum Gasteiger partial charge on any atom is 0.150 e. The molecule has 1 aliphatic heterocycles. The summed E-state index contributed by atoms with van der Waals surface area (Å²) in [7, 11) is 0. The second-order valence-corrected chi connectivity index (χ2v) is 10.3. The first-order valence-corrected chi connectivity index (χ1v) is 12.9. The number of nitrogens with zero attached hydrogens (tertiary/aromatic N) is 5. The predicted octanol–water partition coefficient (Wildman–Crippen LogP) is 5.46. The number of aromatic nitrogens is 4. The van der Waals surface area contributed by atoms with Crippen molar-refractivity contribution in [3.8, 4) is 11.3 Å². The lowest BCUT2D eigenvalue weighted by molar-refractivity contribution is 0.107. The quantitative estimate of drug-likeness (QED) is 0.426. The van der Waals surface area contributed by atoms with E-state index >= 15 is 0 Å². The van der Waals surface area contributed by atoms with Crippen molar-refractivity contribution in [3.63, 3.8) is 0 Å². The summed E-state index contributed by atoms with van der Waals surface area (Å²) in [5.74, 6) is 2.89. The number of benzene rings is 1. The van der Waals surface area contributed by atoms with Gasteiger partial charge in [-0.1, -0.05) is 36.4 Å². The third-order valence-electron chi connectivity index (χ3n) is 7.93. The van der Waals surface area contributed by atoms with Gasteiger partial charge in [0.15, 0.2) is 0 Å². The molecule has 1 saturated heterocycles. The normalized spacial score (nSPS) is 22.2.